The molecule has 2 aliphatic heterocycles. The van der Waals surface area contributed by atoms with Gasteiger partial charge in [0.25, 0.3) is 0 Å². The van der Waals surface area contributed by atoms with Crippen LogP contribution in [0.2, 0.25) is 0 Å². The van der Waals surface area contributed by atoms with Crippen LogP contribution in [-0.4, -0.2) is 49.1 Å². The Bertz CT molecular complexity index is 721. The van der Waals surface area contributed by atoms with Crippen LogP contribution in [0.4, 0.5) is 5.69 Å². The number of aliphatic hydroxyl groups is 1. The lowest BCUT2D eigenvalue weighted by atomic mass is 9.89. The number of para-hydroxylation sites is 1. The Morgan fingerprint density at radius 2 is 2.21 bits per heavy atom. The fraction of sp³-hybridized carbons (Fsp3) is 0.526. The predicted molar refractivity (Wildman–Crippen MR) is 93.6 cm³/mol. The number of hydrogen-bond donors (Lipinski definition) is 1. The van der Waals surface area contributed by atoms with Crippen LogP contribution in [0.25, 0.3) is 10.9 Å². The standard InChI is InChI=1S/C19H24N2O3/c1-23-18-6-2-4-13-16(7-9-20-19(13)18)21-10-3-5-15(21)14-12-24-11-8-17(14)22/h2,4,6-7,9,14-15,17,22H,3,5,8,10-12H2,1H3/t14-,15-,17+/m1/s1. The average Bonchev–Trinajstić information content (AvgIpc) is 3.10. The van der Waals surface area contributed by atoms with Crippen LogP contribution in [0.5, 0.6) is 5.75 Å². The SMILES string of the molecule is COc1cccc2c(N3CCC[C@@H]3[C@H]3COCC[C@@H]3O)ccnc12. The van der Waals surface area contributed by atoms with Gasteiger partial charge in [-0.25, -0.2) is 0 Å². The summed E-state index contributed by atoms with van der Waals surface area (Å²) in [6.45, 7) is 2.32. The molecule has 4 rings (SSSR count). The van der Waals surface area contributed by atoms with Gasteiger partial charge in [-0.3, -0.25) is 4.98 Å². The number of benzene rings is 1. The molecule has 5 heteroatoms. The van der Waals surface area contributed by atoms with Crippen molar-refractivity contribution in [3.63, 3.8) is 0 Å². The Labute approximate surface area is 142 Å². The molecule has 0 spiro atoms. The van der Waals surface area contributed by atoms with E-state index < -0.39 is 0 Å². The van der Waals surface area contributed by atoms with Crippen LogP contribution in [0.3, 0.4) is 0 Å². The first-order chi connectivity index (χ1) is 11.8. The smallest absolute Gasteiger partial charge is 0.145 e. The molecular formula is C19H24N2O3. The van der Waals surface area contributed by atoms with Gasteiger partial charge >= 0.3 is 0 Å². The summed E-state index contributed by atoms with van der Waals surface area (Å²) in [5, 5.41) is 11.6. The first kappa shape index (κ1) is 15.7. The lowest BCUT2D eigenvalue weighted by molar-refractivity contribution is -0.0437. The fourth-order valence-corrected chi connectivity index (χ4v) is 4.20. The van der Waals surface area contributed by atoms with E-state index in [2.05, 4.69) is 22.0 Å². The van der Waals surface area contributed by atoms with Crippen molar-refractivity contribution < 1.29 is 14.6 Å². The molecule has 1 N–H and O–H groups in total. The summed E-state index contributed by atoms with van der Waals surface area (Å²) in [6.07, 6.45) is 4.55. The number of fused-ring (bicyclic) bond motifs is 1. The molecule has 0 aliphatic carbocycles. The average molecular weight is 328 g/mol. The molecule has 5 nitrogen and oxygen atoms in total. The van der Waals surface area contributed by atoms with Gasteiger partial charge in [-0.1, -0.05) is 12.1 Å². The minimum absolute atomic E-state index is 0.176. The lowest BCUT2D eigenvalue weighted by Crippen LogP contribution is -2.46. The third-order valence-electron chi connectivity index (χ3n) is 5.40. The highest BCUT2D eigenvalue weighted by Crippen LogP contribution is 2.38. The molecule has 0 bridgehead atoms. The van der Waals surface area contributed by atoms with E-state index in [0.717, 1.165) is 42.5 Å². The highest BCUT2D eigenvalue weighted by molar-refractivity contribution is 5.95. The Balaban J connectivity index is 1.73. The van der Waals surface area contributed by atoms with Gasteiger partial charge in [0, 0.05) is 42.4 Å². The van der Waals surface area contributed by atoms with Gasteiger partial charge in [0.05, 0.1) is 19.8 Å². The highest BCUT2D eigenvalue weighted by Gasteiger charge is 2.38. The van der Waals surface area contributed by atoms with E-state index in [-0.39, 0.29) is 12.0 Å². The molecule has 0 amide bonds. The molecule has 128 valence electrons. The van der Waals surface area contributed by atoms with Crippen LogP contribution >= 0.6 is 0 Å². The van der Waals surface area contributed by atoms with Crippen molar-refractivity contribution in [3.8, 4) is 5.75 Å². The van der Waals surface area contributed by atoms with Crippen molar-refractivity contribution in [2.45, 2.75) is 31.4 Å². The van der Waals surface area contributed by atoms with E-state index in [1.807, 2.05) is 18.3 Å². The highest BCUT2D eigenvalue weighted by atomic mass is 16.5. The molecule has 2 aliphatic rings. The largest absolute Gasteiger partial charge is 0.494 e. The summed E-state index contributed by atoms with van der Waals surface area (Å²) in [5.41, 5.74) is 2.07. The topological polar surface area (TPSA) is 54.8 Å². The van der Waals surface area contributed by atoms with Gasteiger partial charge in [0.15, 0.2) is 0 Å². The number of nitrogens with zero attached hydrogens (tertiary/aromatic N) is 2. The third-order valence-corrected chi connectivity index (χ3v) is 5.40. The Hall–Kier alpha value is -1.85. The van der Waals surface area contributed by atoms with Gasteiger partial charge in [-0.2, -0.15) is 0 Å². The van der Waals surface area contributed by atoms with Crippen LogP contribution in [-0.2, 0) is 4.74 Å². The van der Waals surface area contributed by atoms with Gasteiger partial charge in [-0.15, -0.1) is 0 Å². The van der Waals surface area contributed by atoms with Crippen molar-refractivity contribution in [3.05, 3.63) is 30.5 Å². The molecule has 1 aromatic heterocycles. The van der Waals surface area contributed by atoms with Crippen molar-refractivity contribution in [1.82, 2.24) is 4.98 Å². The van der Waals surface area contributed by atoms with E-state index in [1.54, 1.807) is 7.11 Å². The number of rotatable bonds is 3. The number of hydrogen-bond acceptors (Lipinski definition) is 5. The minimum atomic E-state index is -0.271. The predicted octanol–water partition coefficient (Wildman–Crippen LogP) is 2.61. The van der Waals surface area contributed by atoms with Gasteiger partial charge in [-0.05, 0) is 31.4 Å². The summed E-state index contributed by atoms with van der Waals surface area (Å²) >= 11 is 0. The normalized spacial score (nSPS) is 27.6. The minimum Gasteiger partial charge on any atom is -0.494 e. The van der Waals surface area contributed by atoms with E-state index in [9.17, 15) is 5.11 Å². The molecule has 3 atom stereocenters. The zero-order valence-corrected chi connectivity index (χ0v) is 14.0. The van der Waals surface area contributed by atoms with Gasteiger partial charge in [0.1, 0.15) is 11.3 Å². The molecule has 3 heterocycles. The number of aromatic nitrogens is 1. The Morgan fingerprint density at radius 1 is 1.29 bits per heavy atom. The number of pyridine rings is 1. The van der Waals surface area contributed by atoms with Crippen molar-refractivity contribution in [2.24, 2.45) is 5.92 Å². The van der Waals surface area contributed by atoms with Crippen molar-refractivity contribution in [2.75, 3.05) is 31.8 Å². The first-order valence-corrected chi connectivity index (χ1v) is 8.74. The first-order valence-electron chi connectivity index (χ1n) is 8.74. The quantitative estimate of drug-likeness (QED) is 0.939. The fourth-order valence-electron chi connectivity index (χ4n) is 4.20. The second-order valence-corrected chi connectivity index (χ2v) is 6.68. The maximum absolute atomic E-state index is 10.5. The third kappa shape index (κ3) is 2.62. The van der Waals surface area contributed by atoms with E-state index in [0.29, 0.717) is 19.3 Å². The van der Waals surface area contributed by atoms with Crippen LogP contribution in [0.1, 0.15) is 19.3 Å². The van der Waals surface area contributed by atoms with Gasteiger partial charge in [0.2, 0.25) is 0 Å². The second-order valence-electron chi connectivity index (χ2n) is 6.68. The van der Waals surface area contributed by atoms with Gasteiger partial charge < -0.3 is 19.5 Å². The maximum atomic E-state index is 10.5. The molecule has 2 saturated heterocycles. The van der Waals surface area contributed by atoms with E-state index in [1.165, 1.54) is 5.69 Å². The summed E-state index contributed by atoms with van der Waals surface area (Å²) in [6, 6.07) is 8.45. The molecule has 2 aromatic rings. The number of ether oxygens (including phenoxy) is 2. The summed E-state index contributed by atoms with van der Waals surface area (Å²) in [4.78, 5) is 6.95. The summed E-state index contributed by atoms with van der Waals surface area (Å²) in [7, 11) is 1.68. The van der Waals surface area contributed by atoms with E-state index in [4.69, 9.17) is 9.47 Å². The number of aliphatic hydroxyl groups excluding tert-OH is 1. The molecule has 0 saturated carbocycles. The zero-order chi connectivity index (χ0) is 16.5. The maximum Gasteiger partial charge on any atom is 0.145 e. The molecule has 1 aromatic carbocycles. The second kappa shape index (κ2) is 6.57. The summed E-state index contributed by atoms with van der Waals surface area (Å²) < 4.78 is 11.1. The van der Waals surface area contributed by atoms with Crippen molar-refractivity contribution in [1.29, 1.82) is 0 Å². The number of methoxy groups -OCH3 is 1. The monoisotopic (exact) mass is 328 g/mol. The molecule has 2 fully saturated rings. The Morgan fingerprint density at radius 3 is 3.04 bits per heavy atom. The van der Waals surface area contributed by atoms with Crippen molar-refractivity contribution >= 4 is 16.6 Å². The molecule has 24 heavy (non-hydrogen) atoms. The van der Waals surface area contributed by atoms with Crippen LogP contribution < -0.4 is 9.64 Å². The molecular weight excluding hydrogens is 304 g/mol. The number of anilines is 1. The zero-order valence-electron chi connectivity index (χ0n) is 14.0. The molecule has 0 radical (unpaired) electrons. The van der Waals surface area contributed by atoms with Crippen LogP contribution in [0.15, 0.2) is 30.5 Å². The summed E-state index contributed by atoms with van der Waals surface area (Å²) in [5.74, 6) is 0.973. The lowest BCUT2D eigenvalue weighted by Gasteiger charge is -2.38. The van der Waals surface area contributed by atoms with E-state index >= 15 is 0 Å². The van der Waals surface area contributed by atoms with Crippen LogP contribution in [0, 0.1) is 5.92 Å². The Kier molecular flexibility index (Phi) is 4.29. The molecule has 0 unspecified atom stereocenters.